The van der Waals surface area contributed by atoms with Crippen molar-refractivity contribution in [3.05, 3.63) is 130 Å². The molecule has 254 valence electrons. The Bertz CT molecular complexity index is 1810. The molecule has 13 heteroatoms. The zero-order chi connectivity index (χ0) is 35.1. The summed E-state index contributed by atoms with van der Waals surface area (Å²) in [4.78, 5) is 29.4. The van der Waals surface area contributed by atoms with Crippen molar-refractivity contribution in [2.75, 3.05) is 10.8 Å². The molecular formula is C35H34Cl2F3N3O4S. The van der Waals surface area contributed by atoms with E-state index in [0.29, 0.717) is 27.4 Å². The van der Waals surface area contributed by atoms with Crippen molar-refractivity contribution in [1.82, 2.24) is 10.2 Å². The third kappa shape index (κ3) is 9.30. The highest BCUT2D eigenvalue weighted by Crippen LogP contribution is 2.37. The van der Waals surface area contributed by atoms with Crippen LogP contribution in [0.25, 0.3) is 0 Å². The van der Waals surface area contributed by atoms with Crippen molar-refractivity contribution >= 4 is 50.7 Å². The maximum Gasteiger partial charge on any atom is 0.416 e. The van der Waals surface area contributed by atoms with Crippen molar-refractivity contribution in [1.29, 1.82) is 0 Å². The van der Waals surface area contributed by atoms with Crippen LogP contribution >= 0.6 is 23.2 Å². The van der Waals surface area contributed by atoms with E-state index in [4.69, 9.17) is 23.2 Å². The molecule has 2 unspecified atom stereocenters. The number of nitrogens with zero attached hydrogens (tertiary/aromatic N) is 2. The van der Waals surface area contributed by atoms with Gasteiger partial charge >= 0.3 is 6.18 Å². The Kier molecular flexibility index (Phi) is 12.2. The van der Waals surface area contributed by atoms with E-state index >= 15 is 0 Å². The van der Waals surface area contributed by atoms with Crippen LogP contribution in [0.15, 0.2) is 108 Å². The molecule has 0 saturated heterocycles. The second-order valence-corrected chi connectivity index (χ2v) is 13.9. The van der Waals surface area contributed by atoms with Crippen molar-refractivity contribution in [3.8, 4) is 0 Å². The highest BCUT2D eigenvalue weighted by atomic mass is 35.5. The van der Waals surface area contributed by atoms with Crippen LogP contribution in [0.3, 0.4) is 0 Å². The molecule has 2 atom stereocenters. The summed E-state index contributed by atoms with van der Waals surface area (Å²) in [5.74, 6) is -1.33. The van der Waals surface area contributed by atoms with Gasteiger partial charge in [-0.1, -0.05) is 90.8 Å². The van der Waals surface area contributed by atoms with Gasteiger partial charge in [0.05, 0.1) is 21.2 Å². The standard InChI is InChI=1S/C35H34Cl2F3N3O4S/c1-3-24(2)41-34(45)32(20-25-10-6-4-7-11-25)42(22-26-14-17-28(36)18-15-26)33(44)23-43(48(46,47)29-12-8-5-9-13-29)31-21-27(35(38,39)40)16-19-30(31)37/h4-19,21,24,32H,3,20,22-23H2,1-2H3,(H,41,45). The van der Waals surface area contributed by atoms with Crippen LogP contribution in [-0.4, -0.2) is 43.8 Å². The highest BCUT2D eigenvalue weighted by Gasteiger charge is 2.37. The van der Waals surface area contributed by atoms with E-state index < -0.39 is 51.9 Å². The first kappa shape index (κ1) is 36.8. The molecule has 4 aromatic rings. The van der Waals surface area contributed by atoms with Crippen LogP contribution in [0, 0.1) is 0 Å². The number of rotatable bonds is 13. The second kappa shape index (κ2) is 15.9. The average Bonchev–Trinajstić information content (AvgIpc) is 3.06. The number of nitrogens with one attached hydrogen (secondary N) is 1. The zero-order valence-corrected chi connectivity index (χ0v) is 28.5. The topological polar surface area (TPSA) is 86.8 Å². The minimum atomic E-state index is -4.83. The highest BCUT2D eigenvalue weighted by molar-refractivity contribution is 7.92. The fourth-order valence-electron chi connectivity index (χ4n) is 4.89. The monoisotopic (exact) mass is 719 g/mol. The zero-order valence-electron chi connectivity index (χ0n) is 26.1. The van der Waals surface area contributed by atoms with Crippen LogP contribution in [-0.2, 0) is 38.8 Å². The Balaban J connectivity index is 1.87. The molecule has 0 aromatic heterocycles. The van der Waals surface area contributed by atoms with Crippen molar-refractivity contribution in [3.63, 3.8) is 0 Å². The first-order chi connectivity index (χ1) is 22.7. The molecule has 48 heavy (non-hydrogen) atoms. The normalized spacial score (nSPS) is 13.0. The lowest BCUT2D eigenvalue weighted by atomic mass is 10.0. The summed E-state index contributed by atoms with van der Waals surface area (Å²) in [5.41, 5.74) is -0.392. The van der Waals surface area contributed by atoms with E-state index in [2.05, 4.69) is 5.32 Å². The van der Waals surface area contributed by atoms with Gasteiger partial charge in [-0.05, 0) is 66.9 Å². The number of carbonyl (C=O) groups excluding carboxylic acids is 2. The van der Waals surface area contributed by atoms with Gasteiger partial charge in [0.1, 0.15) is 12.6 Å². The Morgan fingerprint density at radius 3 is 2.04 bits per heavy atom. The molecule has 0 bridgehead atoms. The lowest BCUT2D eigenvalue weighted by molar-refractivity contribution is -0.140. The summed E-state index contributed by atoms with van der Waals surface area (Å²) >= 11 is 12.5. The summed E-state index contributed by atoms with van der Waals surface area (Å²) in [6.07, 6.45) is -4.16. The summed E-state index contributed by atoms with van der Waals surface area (Å²) in [6.45, 7) is 2.59. The van der Waals surface area contributed by atoms with Crippen molar-refractivity contribution < 1.29 is 31.2 Å². The lowest BCUT2D eigenvalue weighted by Gasteiger charge is -2.34. The van der Waals surface area contributed by atoms with Gasteiger partial charge in [-0.2, -0.15) is 13.2 Å². The molecule has 0 aliphatic carbocycles. The molecule has 0 radical (unpaired) electrons. The maximum atomic E-state index is 14.5. The van der Waals surface area contributed by atoms with Gasteiger partial charge in [0, 0.05) is 24.0 Å². The van der Waals surface area contributed by atoms with E-state index in [1.54, 1.807) is 60.7 Å². The first-order valence-corrected chi connectivity index (χ1v) is 17.2. The molecule has 0 saturated carbocycles. The fraction of sp³-hybridized carbons (Fsp3) is 0.257. The minimum Gasteiger partial charge on any atom is -0.352 e. The van der Waals surface area contributed by atoms with Crippen LogP contribution in [0.5, 0.6) is 0 Å². The summed E-state index contributed by atoms with van der Waals surface area (Å²) in [5, 5.41) is 3.03. The van der Waals surface area contributed by atoms with E-state index in [-0.39, 0.29) is 28.9 Å². The smallest absolute Gasteiger partial charge is 0.352 e. The molecule has 0 spiro atoms. The third-order valence-corrected chi connectivity index (χ3v) is 10.0. The van der Waals surface area contributed by atoms with E-state index in [1.807, 2.05) is 13.8 Å². The van der Waals surface area contributed by atoms with Crippen LogP contribution < -0.4 is 9.62 Å². The molecule has 0 heterocycles. The molecule has 0 fully saturated rings. The quantitative estimate of drug-likeness (QED) is 0.153. The largest absolute Gasteiger partial charge is 0.416 e. The van der Waals surface area contributed by atoms with Crippen LogP contribution in [0.1, 0.15) is 37.0 Å². The first-order valence-electron chi connectivity index (χ1n) is 15.0. The second-order valence-electron chi connectivity index (χ2n) is 11.2. The Morgan fingerprint density at radius 1 is 0.854 bits per heavy atom. The molecule has 1 N–H and O–H groups in total. The van der Waals surface area contributed by atoms with Crippen LogP contribution in [0.4, 0.5) is 18.9 Å². The number of amides is 2. The van der Waals surface area contributed by atoms with Crippen molar-refractivity contribution in [2.24, 2.45) is 0 Å². The number of carbonyl (C=O) groups is 2. The Morgan fingerprint density at radius 2 is 1.46 bits per heavy atom. The van der Waals surface area contributed by atoms with Gasteiger partial charge < -0.3 is 10.2 Å². The van der Waals surface area contributed by atoms with Gasteiger partial charge in [-0.25, -0.2) is 8.42 Å². The van der Waals surface area contributed by atoms with Crippen molar-refractivity contribution in [2.45, 2.75) is 56.4 Å². The summed E-state index contributed by atoms with van der Waals surface area (Å²) in [7, 11) is -4.66. The SMILES string of the molecule is CCC(C)NC(=O)C(Cc1ccccc1)N(Cc1ccc(Cl)cc1)C(=O)CN(c1cc(C(F)(F)F)ccc1Cl)S(=O)(=O)c1ccccc1. The number of hydrogen-bond acceptors (Lipinski definition) is 4. The van der Waals surface area contributed by atoms with E-state index in [9.17, 15) is 31.2 Å². The average molecular weight is 721 g/mol. The van der Waals surface area contributed by atoms with E-state index in [0.717, 1.165) is 17.7 Å². The molecule has 7 nitrogen and oxygen atoms in total. The molecule has 0 aliphatic rings. The Labute approximate surface area is 288 Å². The predicted molar refractivity (Wildman–Crippen MR) is 181 cm³/mol. The van der Waals surface area contributed by atoms with Gasteiger partial charge in [-0.3, -0.25) is 13.9 Å². The number of benzene rings is 4. The van der Waals surface area contributed by atoms with Gasteiger partial charge in [0.25, 0.3) is 10.0 Å². The molecule has 4 aromatic carbocycles. The molecule has 4 rings (SSSR count). The third-order valence-electron chi connectivity index (χ3n) is 7.69. The predicted octanol–water partition coefficient (Wildman–Crippen LogP) is 7.76. The lowest BCUT2D eigenvalue weighted by Crippen LogP contribution is -2.54. The number of hydrogen-bond donors (Lipinski definition) is 1. The maximum absolute atomic E-state index is 14.5. The minimum absolute atomic E-state index is 0.0676. The van der Waals surface area contributed by atoms with Crippen LogP contribution in [0.2, 0.25) is 10.0 Å². The fourth-order valence-corrected chi connectivity index (χ4v) is 6.74. The number of halogens is 5. The van der Waals surface area contributed by atoms with Gasteiger partial charge in [0.15, 0.2) is 0 Å². The van der Waals surface area contributed by atoms with Gasteiger partial charge in [0.2, 0.25) is 11.8 Å². The summed E-state index contributed by atoms with van der Waals surface area (Å²) < 4.78 is 70.3. The summed E-state index contributed by atoms with van der Waals surface area (Å²) in [6, 6.07) is 23.4. The molecular weight excluding hydrogens is 686 g/mol. The molecule has 0 aliphatic heterocycles. The Hall–Kier alpha value is -4.06. The molecule has 2 amide bonds. The number of anilines is 1. The van der Waals surface area contributed by atoms with Gasteiger partial charge in [-0.15, -0.1) is 0 Å². The number of alkyl halides is 3. The number of sulfonamides is 1. The van der Waals surface area contributed by atoms with E-state index in [1.165, 1.54) is 29.2 Å².